The van der Waals surface area contributed by atoms with Crippen LogP contribution in [0.4, 0.5) is 29.6 Å². The van der Waals surface area contributed by atoms with Crippen molar-refractivity contribution in [2.24, 2.45) is 0 Å². The molecule has 208 valence electrons. The Labute approximate surface area is 229 Å². The third-order valence-electron chi connectivity index (χ3n) is 6.33. The van der Waals surface area contributed by atoms with E-state index in [4.69, 9.17) is 21.4 Å². The number of rotatable bonds is 8. The summed E-state index contributed by atoms with van der Waals surface area (Å²) in [6, 6.07) is 5.82. The number of carbonyl (C=O) groups excluding carboxylic acids is 1. The summed E-state index contributed by atoms with van der Waals surface area (Å²) in [4.78, 5) is 27.4. The van der Waals surface area contributed by atoms with Gasteiger partial charge in [-0.2, -0.15) is 13.2 Å². The second-order valence-electron chi connectivity index (χ2n) is 8.97. The standard InChI is InChI=1S/C27H29ClF3N5O3/c28-22-4-2-1-3-20(19-22)24-9-10-32-25(33-24)36(23-7-5-21(6-8-23)27(29,30)31)26(38)39-18-16-35-13-11-34(12-14-35)15-17-37/h1,3-10,19,37H,2,11-18H2. The molecule has 1 saturated heterocycles. The number of aromatic nitrogens is 2. The molecule has 1 aliphatic heterocycles. The van der Waals surface area contributed by atoms with Crippen LogP contribution in [-0.4, -0.2) is 83.4 Å². The molecule has 2 aromatic rings. The predicted molar refractivity (Wildman–Crippen MR) is 143 cm³/mol. The quantitative estimate of drug-likeness (QED) is 0.492. The van der Waals surface area contributed by atoms with Gasteiger partial charge in [0.25, 0.3) is 0 Å². The summed E-state index contributed by atoms with van der Waals surface area (Å²) in [6.45, 7) is 4.44. The number of hydrogen-bond acceptors (Lipinski definition) is 7. The summed E-state index contributed by atoms with van der Waals surface area (Å²) < 4.78 is 45.0. The fourth-order valence-electron chi connectivity index (χ4n) is 4.21. The van der Waals surface area contributed by atoms with Gasteiger partial charge in [0, 0.05) is 56.1 Å². The van der Waals surface area contributed by atoms with Crippen molar-refractivity contribution in [2.75, 3.05) is 57.4 Å². The maximum Gasteiger partial charge on any atom is 0.421 e. The number of ether oxygens (including phenoxy) is 1. The zero-order valence-corrected chi connectivity index (χ0v) is 21.9. The number of carbonyl (C=O) groups is 1. The van der Waals surface area contributed by atoms with Gasteiger partial charge in [0.05, 0.1) is 23.6 Å². The minimum absolute atomic E-state index is 0.0477. The van der Waals surface area contributed by atoms with Gasteiger partial charge in [0.2, 0.25) is 5.95 Å². The Balaban J connectivity index is 1.54. The Morgan fingerprint density at radius 3 is 2.44 bits per heavy atom. The average Bonchev–Trinajstić information content (AvgIpc) is 3.14. The van der Waals surface area contributed by atoms with Crippen molar-refractivity contribution < 1.29 is 27.8 Å². The zero-order chi connectivity index (χ0) is 27.8. The minimum Gasteiger partial charge on any atom is -0.447 e. The molecule has 0 spiro atoms. The molecular formula is C27H29ClF3N5O3. The first-order chi connectivity index (χ1) is 18.7. The van der Waals surface area contributed by atoms with Crippen LogP contribution in [0.3, 0.4) is 0 Å². The van der Waals surface area contributed by atoms with Gasteiger partial charge in [0.15, 0.2) is 0 Å². The van der Waals surface area contributed by atoms with Gasteiger partial charge in [0.1, 0.15) is 6.61 Å². The van der Waals surface area contributed by atoms with E-state index in [1.807, 2.05) is 18.2 Å². The topological polar surface area (TPSA) is 82.0 Å². The van der Waals surface area contributed by atoms with E-state index in [1.54, 1.807) is 12.1 Å². The Kier molecular flexibility index (Phi) is 9.73. The molecular weight excluding hydrogens is 535 g/mol. The largest absolute Gasteiger partial charge is 0.447 e. The van der Waals surface area contributed by atoms with Crippen molar-refractivity contribution in [3.63, 3.8) is 0 Å². The van der Waals surface area contributed by atoms with E-state index < -0.39 is 17.8 Å². The Morgan fingerprint density at radius 1 is 1.08 bits per heavy atom. The maximum atomic E-state index is 13.3. The number of alkyl halides is 3. The monoisotopic (exact) mass is 563 g/mol. The van der Waals surface area contributed by atoms with Crippen molar-refractivity contribution in [1.29, 1.82) is 0 Å². The summed E-state index contributed by atoms with van der Waals surface area (Å²) in [5.41, 5.74) is 0.462. The SMILES string of the molecule is O=C(OCCN1CCN(CCO)CC1)N(c1ccc(C(F)(F)F)cc1)c1nccc(C2=CC(Cl)=CCC=C2)n1. The van der Waals surface area contributed by atoms with E-state index in [1.165, 1.54) is 18.3 Å². The number of anilines is 2. The molecule has 0 saturated carbocycles. The van der Waals surface area contributed by atoms with E-state index >= 15 is 0 Å². The minimum atomic E-state index is -4.52. The lowest BCUT2D eigenvalue weighted by Gasteiger charge is -2.34. The van der Waals surface area contributed by atoms with Gasteiger partial charge >= 0.3 is 12.3 Å². The van der Waals surface area contributed by atoms with E-state index in [2.05, 4.69) is 19.8 Å². The average molecular weight is 564 g/mol. The van der Waals surface area contributed by atoms with Gasteiger partial charge in [-0.1, -0.05) is 29.8 Å². The number of halogens is 4. The second-order valence-corrected chi connectivity index (χ2v) is 9.41. The fourth-order valence-corrected chi connectivity index (χ4v) is 4.42. The van der Waals surface area contributed by atoms with Crippen LogP contribution in [-0.2, 0) is 10.9 Å². The first kappa shape index (κ1) is 28.8. The molecule has 1 N–H and O–H groups in total. The first-order valence-electron chi connectivity index (χ1n) is 12.5. The highest BCUT2D eigenvalue weighted by molar-refractivity contribution is 6.31. The maximum absolute atomic E-state index is 13.3. The summed E-state index contributed by atoms with van der Waals surface area (Å²) >= 11 is 6.22. The van der Waals surface area contributed by atoms with Crippen molar-refractivity contribution >= 4 is 34.9 Å². The number of β-amino-alcohol motifs (C(OH)–C–C–N with tert-alkyl or cyclic N) is 1. The molecule has 0 radical (unpaired) electrons. The summed E-state index contributed by atoms with van der Waals surface area (Å²) in [6.07, 6.45) is 4.11. The molecule has 1 aliphatic carbocycles. The number of aliphatic hydroxyl groups excluding tert-OH is 1. The van der Waals surface area contributed by atoms with Crippen LogP contribution < -0.4 is 4.90 Å². The highest BCUT2D eigenvalue weighted by Gasteiger charge is 2.31. The molecule has 0 unspecified atom stereocenters. The van der Waals surface area contributed by atoms with E-state index in [-0.39, 0.29) is 24.8 Å². The molecule has 39 heavy (non-hydrogen) atoms. The van der Waals surface area contributed by atoms with Crippen LogP contribution in [0, 0.1) is 0 Å². The molecule has 8 nitrogen and oxygen atoms in total. The zero-order valence-electron chi connectivity index (χ0n) is 21.1. The molecule has 1 aromatic carbocycles. The molecule has 1 amide bonds. The van der Waals surface area contributed by atoms with Crippen LogP contribution >= 0.6 is 11.6 Å². The molecule has 1 fully saturated rings. The lowest BCUT2D eigenvalue weighted by molar-refractivity contribution is -0.137. The molecule has 2 aliphatic rings. The van der Waals surface area contributed by atoms with Gasteiger partial charge in [-0.3, -0.25) is 9.80 Å². The number of nitrogens with zero attached hydrogens (tertiary/aromatic N) is 5. The number of benzene rings is 1. The Hall–Kier alpha value is -3.25. The van der Waals surface area contributed by atoms with E-state index in [0.717, 1.165) is 43.2 Å². The van der Waals surface area contributed by atoms with Gasteiger partial charge in [-0.05, 0) is 42.8 Å². The normalized spacial score (nSPS) is 16.8. The second kappa shape index (κ2) is 13.2. The fraction of sp³-hybridized carbons (Fsp3) is 0.370. The summed E-state index contributed by atoms with van der Waals surface area (Å²) in [5.74, 6) is -0.0477. The highest BCUT2D eigenvalue weighted by Crippen LogP contribution is 2.32. The summed E-state index contributed by atoms with van der Waals surface area (Å²) in [7, 11) is 0. The van der Waals surface area contributed by atoms with Crippen molar-refractivity contribution in [3.8, 4) is 0 Å². The van der Waals surface area contributed by atoms with Crippen LogP contribution in [0.1, 0.15) is 17.7 Å². The predicted octanol–water partition coefficient (Wildman–Crippen LogP) is 4.85. The smallest absolute Gasteiger partial charge is 0.421 e. The van der Waals surface area contributed by atoms with Crippen LogP contribution in [0.5, 0.6) is 0 Å². The lowest BCUT2D eigenvalue weighted by atomic mass is 10.1. The van der Waals surface area contributed by atoms with Crippen molar-refractivity contribution in [3.05, 3.63) is 77.1 Å². The van der Waals surface area contributed by atoms with Crippen LogP contribution in [0.15, 0.2) is 65.9 Å². The summed E-state index contributed by atoms with van der Waals surface area (Å²) in [5, 5.41) is 9.63. The Morgan fingerprint density at radius 2 is 1.77 bits per heavy atom. The van der Waals surface area contributed by atoms with Crippen LogP contribution in [0.2, 0.25) is 0 Å². The number of allylic oxidation sites excluding steroid dienone is 6. The number of piperazine rings is 1. The molecule has 4 rings (SSSR count). The van der Waals surface area contributed by atoms with Gasteiger partial charge in [-0.25, -0.2) is 19.7 Å². The molecule has 1 aromatic heterocycles. The third kappa shape index (κ3) is 7.89. The molecule has 12 heteroatoms. The third-order valence-corrected chi connectivity index (χ3v) is 6.59. The van der Waals surface area contributed by atoms with Gasteiger partial charge < -0.3 is 9.84 Å². The van der Waals surface area contributed by atoms with Gasteiger partial charge in [-0.15, -0.1) is 0 Å². The number of amides is 1. The number of aliphatic hydroxyl groups is 1. The Bertz CT molecular complexity index is 1230. The van der Waals surface area contributed by atoms with E-state index in [9.17, 15) is 18.0 Å². The van der Waals surface area contributed by atoms with Crippen LogP contribution in [0.25, 0.3) is 5.57 Å². The van der Waals surface area contributed by atoms with Crippen molar-refractivity contribution in [1.82, 2.24) is 19.8 Å². The lowest BCUT2D eigenvalue weighted by Crippen LogP contribution is -2.48. The molecule has 0 bridgehead atoms. The van der Waals surface area contributed by atoms with Crippen molar-refractivity contribution in [2.45, 2.75) is 12.6 Å². The van der Waals surface area contributed by atoms with E-state index in [0.29, 0.717) is 35.8 Å². The highest BCUT2D eigenvalue weighted by atomic mass is 35.5. The molecule has 0 atom stereocenters. The first-order valence-corrected chi connectivity index (χ1v) is 12.9. The molecule has 2 heterocycles. The number of hydrogen-bond donors (Lipinski definition) is 1.